The van der Waals surface area contributed by atoms with Crippen LogP contribution in [-0.4, -0.2) is 39.5 Å². The van der Waals surface area contributed by atoms with Gasteiger partial charge in [-0.3, -0.25) is 9.36 Å². The highest BCUT2D eigenvalue weighted by Crippen LogP contribution is 2.37. The van der Waals surface area contributed by atoms with Gasteiger partial charge in [0.2, 0.25) is 5.91 Å². The van der Waals surface area contributed by atoms with E-state index >= 15 is 0 Å². The van der Waals surface area contributed by atoms with E-state index in [4.69, 9.17) is 21.1 Å². The van der Waals surface area contributed by atoms with Gasteiger partial charge in [0.25, 0.3) is 0 Å². The van der Waals surface area contributed by atoms with Gasteiger partial charge >= 0.3 is 5.97 Å². The van der Waals surface area contributed by atoms with Crippen LogP contribution in [0, 0.1) is 13.8 Å². The average molecular weight is 597 g/mol. The van der Waals surface area contributed by atoms with E-state index in [1.165, 1.54) is 30.2 Å². The van der Waals surface area contributed by atoms with Crippen LogP contribution in [0.15, 0.2) is 65.7 Å². The predicted molar refractivity (Wildman–Crippen MR) is 161 cm³/mol. The molecule has 208 valence electrons. The van der Waals surface area contributed by atoms with Gasteiger partial charge in [0, 0.05) is 22.5 Å². The van der Waals surface area contributed by atoms with E-state index in [2.05, 4.69) is 28.2 Å². The average Bonchev–Trinajstić information content (AvgIpc) is 3.53. The Labute approximate surface area is 246 Å². The minimum atomic E-state index is -0.540. The zero-order valence-electron chi connectivity index (χ0n) is 22.6. The first-order chi connectivity index (χ1) is 19.2. The molecule has 0 spiro atoms. The van der Waals surface area contributed by atoms with Crippen molar-refractivity contribution < 1.29 is 19.1 Å². The monoisotopic (exact) mass is 596 g/mol. The Balaban J connectivity index is 1.48. The first kappa shape index (κ1) is 29.4. The molecule has 4 rings (SSSR count). The van der Waals surface area contributed by atoms with Gasteiger partial charge in [-0.15, -0.1) is 28.1 Å². The highest BCUT2D eigenvalue weighted by molar-refractivity contribution is 7.99. The molecule has 0 fully saturated rings. The van der Waals surface area contributed by atoms with Crippen molar-refractivity contribution in [2.75, 3.05) is 18.2 Å². The van der Waals surface area contributed by atoms with Gasteiger partial charge in [-0.2, -0.15) is 0 Å². The van der Waals surface area contributed by atoms with Crippen LogP contribution >= 0.6 is 34.7 Å². The first-order valence-corrected chi connectivity index (χ1v) is 14.6. The van der Waals surface area contributed by atoms with Gasteiger partial charge in [-0.1, -0.05) is 59.3 Å². The van der Waals surface area contributed by atoms with Crippen LogP contribution < -0.4 is 10.1 Å². The lowest BCUT2D eigenvalue weighted by molar-refractivity contribution is -0.113. The number of thiophene rings is 1. The number of aromatic nitrogens is 3. The molecule has 2 aromatic carbocycles. The summed E-state index contributed by atoms with van der Waals surface area (Å²) in [5, 5.41) is 14.9. The molecular formula is C29H29ClN4O4S2. The Morgan fingerprint density at radius 2 is 1.95 bits per heavy atom. The molecule has 0 aliphatic carbocycles. The summed E-state index contributed by atoms with van der Waals surface area (Å²) >= 11 is 8.50. The van der Waals surface area contributed by atoms with Crippen LogP contribution in [0.3, 0.4) is 0 Å². The molecule has 1 atom stereocenters. The van der Waals surface area contributed by atoms with Gasteiger partial charge in [-0.05, 0) is 50.1 Å². The van der Waals surface area contributed by atoms with E-state index in [1.54, 1.807) is 18.2 Å². The lowest BCUT2D eigenvalue weighted by Crippen LogP contribution is -2.17. The number of allylic oxidation sites excluding steroid dienone is 1. The number of ether oxygens (including phenoxy) is 2. The number of carbonyl (C=O) groups excluding carboxylic acids is 2. The van der Waals surface area contributed by atoms with Gasteiger partial charge in [0.1, 0.15) is 16.3 Å². The standard InChI is InChI=1S/C29H29ClN4O4S2/c1-6-13-34-26(19(4)38-23-12-7-17(2)14-18(23)3)32-33-29(34)40-16-24(35)31-27-25(28(36)37-5)22(15-39-27)20-8-10-21(30)11-9-20/h6-12,14-15,19H,1,13,16H2,2-5H3,(H,31,35). The number of hydrogen-bond donors (Lipinski definition) is 1. The molecule has 0 radical (unpaired) electrons. The van der Waals surface area contributed by atoms with E-state index in [0.717, 1.165) is 22.4 Å². The van der Waals surface area contributed by atoms with Crippen molar-refractivity contribution in [1.29, 1.82) is 0 Å². The van der Waals surface area contributed by atoms with E-state index in [-0.39, 0.29) is 17.8 Å². The summed E-state index contributed by atoms with van der Waals surface area (Å²) in [6.45, 7) is 10.2. The smallest absolute Gasteiger partial charge is 0.341 e. The molecule has 0 saturated heterocycles. The molecule has 2 heterocycles. The van der Waals surface area contributed by atoms with Gasteiger partial charge in [0.15, 0.2) is 17.1 Å². The zero-order valence-corrected chi connectivity index (χ0v) is 25.0. The van der Waals surface area contributed by atoms with Crippen molar-refractivity contribution in [2.24, 2.45) is 0 Å². The molecule has 1 amide bonds. The fourth-order valence-electron chi connectivity index (χ4n) is 4.07. The molecule has 8 nitrogen and oxygen atoms in total. The molecule has 4 aromatic rings. The third kappa shape index (κ3) is 6.75. The molecule has 2 aromatic heterocycles. The van der Waals surface area contributed by atoms with Crippen molar-refractivity contribution in [3.63, 3.8) is 0 Å². The summed E-state index contributed by atoms with van der Waals surface area (Å²) in [6.07, 6.45) is 1.37. The highest BCUT2D eigenvalue weighted by Gasteiger charge is 2.24. The van der Waals surface area contributed by atoms with Crippen LogP contribution in [0.2, 0.25) is 5.02 Å². The molecule has 1 unspecified atom stereocenters. The summed E-state index contributed by atoms with van der Waals surface area (Å²) in [4.78, 5) is 25.6. The van der Waals surface area contributed by atoms with Gasteiger partial charge in [0.05, 0.1) is 12.9 Å². The van der Waals surface area contributed by atoms with Crippen LogP contribution in [0.5, 0.6) is 5.75 Å². The number of carbonyl (C=O) groups is 2. The van der Waals surface area contributed by atoms with Crippen LogP contribution in [0.25, 0.3) is 11.1 Å². The second-order valence-corrected chi connectivity index (χ2v) is 11.2. The fourth-order valence-corrected chi connectivity index (χ4v) is 5.93. The zero-order chi connectivity index (χ0) is 28.8. The Morgan fingerprint density at radius 3 is 2.62 bits per heavy atom. The lowest BCUT2D eigenvalue weighted by Gasteiger charge is -2.17. The minimum absolute atomic E-state index is 0.0520. The Kier molecular flexibility index (Phi) is 9.67. The molecule has 1 N–H and O–H groups in total. The third-order valence-electron chi connectivity index (χ3n) is 5.98. The van der Waals surface area contributed by atoms with E-state index in [9.17, 15) is 9.59 Å². The van der Waals surface area contributed by atoms with Crippen LogP contribution in [-0.2, 0) is 16.1 Å². The molecule has 0 aliphatic heterocycles. The number of halogens is 1. The van der Waals surface area contributed by atoms with Crippen molar-refractivity contribution >= 4 is 51.6 Å². The SMILES string of the molecule is C=CCn1c(SCC(=O)Nc2scc(-c3ccc(Cl)cc3)c2C(=O)OC)nnc1C(C)Oc1ccc(C)cc1C. The molecular weight excluding hydrogens is 568 g/mol. The molecule has 0 saturated carbocycles. The summed E-state index contributed by atoms with van der Waals surface area (Å²) < 4.78 is 13.1. The van der Waals surface area contributed by atoms with Crippen LogP contribution in [0.4, 0.5) is 5.00 Å². The Morgan fingerprint density at radius 1 is 1.20 bits per heavy atom. The summed E-state index contributed by atoms with van der Waals surface area (Å²) in [5.41, 5.74) is 3.93. The van der Waals surface area contributed by atoms with Gasteiger partial charge < -0.3 is 14.8 Å². The quantitative estimate of drug-likeness (QED) is 0.112. The fraction of sp³-hybridized carbons (Fsp3) is 0.241. The number of hydrogen-bond acceptors (Lipinski definition) is 8. The van der Waals surface area contributed by atoms with Crippen molar-refractivity contribution in [1.82, 2.24) is 14.8 Å². The summed E-state index contributed by atoms with van der Waals surface area (Å²) in [6, 6.07) is 13.1. The number of aryl methyl sites for hydroxylation is 2. The molecule has 0 aliphatic rings. The van der Waals surface area contributed by atoms with E-state index < -0.39 is 5.97 Å². The normalized spacial score (nSPS) is 11.6. The maximum atomic E-state index is 13.0. The van der Waals surface area contributed by atoms with Crippen molar-refractivity contribution in [3.8, 4) is 16.9 Å². The second kappa shape index (κ2) is 13.2. The second-order valence-electron chi connectivity index (χ2n) is 8.96. The number of esters is 1. The number of anilines is 1. The Bertz CT molecular complexity index is 1530. The number of methoxy groups -OCH3 is 1. The minimum Gasteiger partial charge on any atom is -0.482 e. The molecule has 40 heavy (non-hydrogen) atoms. The van der Waals surface area contributed by atoms with Crippen molar-refractivity contribution in [3.05, 3.63) is 88.0 Å². The van der Waals surface area contributed by atoms with Gasteiger partial charge in [-0.25, -0.2) is 4.79 Å². The maximum Gasteiger partial charge on any atom is 0.341 e. The first-order valence-electron chi connectivity index (χ1n) is 12.4. The molecule has 11 heteroatoms. The summed E-state index contributed by atoms with van der Waals surface area (Å²) in [7, 11) is 1.31. The maximum absolute atomic E-state index is 13.0. The highest BCUT2D eigenvalue weighted by atomic mass is 35.5. The third-order valence-corrected chi connectivity index (χ3v) is 8.09. The lowest BCUT2D eigenvalue weighted by atomic mass is 10.0. The number of thioether (sulfide) groups is 1. The summed E-state index contributed by atoms with van der Waals surface area (Å²) in [5.74, 6) is 0.615. The Hall–Kier alpha value is -3.60. The van der Waals surface area contributed by atoms with E-state index in [0.29, 0.717) is 38.7 Å². The van der Waals surface area contributed by atoms with Crippen LogP contribution in [0.1, 0.15) is 40.3 Å². The van der Waals surface area contributed by atoms with E-state index in [1.807, 2.05) is 55.0 Å². The largest absolute Gasteiger partial charge is 0.482 e. The number of nitrogens with one attached hydrogen (secondary N) is 1. The van der Waals surface area contributed by atoms with Crippen molar-refractivity contribution in [2.45, 2.75) is 38.6 Å². The predicted octanol–water partition coefficient (Wildman–Crippen LogP) is 7.12. The number of nitrogens with zero attached hydrogens (tertiary/aromatic N) is 3. The molecule has 0 bridgehead atoms. The number of amides is 1. The number of rotatable bonds is 11. The number of benzene rings is 2. The topological polar surface area (TPSA) is 95.3 Å².